The van der Waals surface area contributed by atoms with E-state index in [1.165, 1.54) is 6.20 Å². The van der Waals surface area contributed by atoms with Crippen molar-refractivity contribution in [2.24, 2.45) is 7.05 Å². The van der Waals surface area contributed by atoms with E-state index in [0.717, 1.165) is 0 Å². The monoisotopic (exact) mass is 299 g/mol. The molecule has 110 valence electrons. The molecule has 3 N–H and O–H groups in total. The molecule has 2 rings (SSSR count). The molecule has 0 unspecified atom stereocenters. The average molecular weight is 299 g/mol. The van der Waals surface area contributed by atoms with Crippen LogP contribution in [0.3, 0.4) is 0 Å². The Balaban J connectivity index is 2.00. The molecule has 0 saturated carbocycles. The third-order valence-electron chi connectivity index (χ3n) is 2.76. The largest absolute Gasteiger partial charge is 0.321 e. The van der Waals surface area contributed by atoms with E-state index in [9.17, 15) is 8.42 Å². The van der Waals surface area contributed by atoms with E-state index in [-0.39, 0.29) is 11.6 Å². The lowest BCUT2D eigenvalue weighted by molar-refractivity contribution is 0.573. The van der Waals surface area contributed by atoms with Crippen LogP contribution in [0.25, 0.3) is 0 Å². The third-order valence-corrected chi connectivity index (χ3v) is 4.24. The molecule has 20 heavy (non-hydrogen) atoms. The van der Waals surface area contributed by atoms with Gasteiger partial charge in [-0.2, -0.15) is 5.10 Å². The molecule has 0 amide bonds. The summed E-state index contributed by atoms with van der Waals surface area (Å²) in [5.41, 5.74) is 0.596. The highest BCUT2D eigenvalue weighted by Gasteiger charge is 2.20. The van der Waals surface area contributed by atoms with Gasteiger partial charge in [0.05, 0.1) is 6.20 Å². The van der Waals surface area contributed by atoms with Gasteiger partial charge in [-0.1, -0.05) is 0 Å². The Hall–Kier alpha value is -1.78. The van der Waals surface area contributed by atoms with Crippen LogP contribution in [0.1, 0.15) is 11.4 Å². The predicted octanol–water partition coefficient (Wildman–Crippen LogP) is -1.22. The van der Waals surface area contributed by atoms with Crippen molar-refractivity contribution in [1.29, 1.82) is 0 Å². The zero-order chi connectivity index (χ0) is 14.6. The summed E-state index contributed by atoms with van der Waals surface area (Å²) in [4.78, 5) is 0. The first kappa shape index (κ1) is 14.6. The van der Waals surface area contributed by atoms with Gasteiger partial charge in [-0.05, 0) is 7.05 Å². The van der Waals surface area contributed by atoms with Crippen molar-refractivity contribution in [3.05, 3.63) is 23.9 Å². The second-order valence-electron chi connectivity index (χ2n) is 4.26. The fraction of sp³-hybridized carbons (Fsp3) is 0.500. The quantitative estimate of drug-likeness (QED) is 0.590. The summed E-state index contributed by atoms with van der Waals surface area (Å²) in [6, 6.07) is 0. The summed E-state index contributed by atoms with van der Waals surface area (Å²) in [6.07, 6.45) is 3.53. The molecule has 2 aromatic heterocycles. The lowest BCUT2D eigenvalue weighted by Gasteiger charge is -2.06. The normalized spacial score (nSPS) is 11.9. The molecule has 0 aromatic carbocycles. The molecule has 0 fully saturated rings. The van der Waals surface area contributed by atoms with Crippen LogP contribution in [0, 0.1) is 0 Å². The van der Waals surface area contributed by atoms with E-state index in [1.807, 2.05) is 7.05 Å². The molecular weight excluding hydrogens is 282 g/mol. The summed E-state index contributed by atoms with van der Waals surface area (Å²) < 4.78 is 28.6. The lowest BCUT2D eigenvalue weighted by Crippen LogP contribution is -2.28. The first-order valence-corrected chi connectivity index (χ1v) is 7.52. The number of H-pyrrole nitrogens is 1. The molecule has 2 aromatic rings. The first-order chi connectivity index (χ1) is 9.54. The van der Waals surface area contributed by atoms with Gasteiger partial charge >= 0.3 is 0 Å². The molecule has 0 spiro atoms. The van der Waals surface area contributed by atoms with Crippen LogP contribution in [-0.4, -0.2) is 47.0 Å². The fourth-order valence-corrected chi connectivity index (χ4v) is 2.91. The second-order valence-corrected chi connectivity index (χ2v) is 5.96. The summed E-state index contributed by atoms with van der Waals surface area (Å²) >= 11 is 0. The van der Waals surface area contributed by atoms with Gasteiger partial charge in [0.25, 0.3) is 10.0 Å². The maximum absolute atomic E-state index is 12.1. The molecular formula is C10H17N7O2S. The second kappa shape index (κ2) is 6.11. The van der Waals surface area contributed by atoms with Gasteiger partial charge in [0.2, 0.25) is 0 Å². The molecule has 0 aliphatic rings. The van der Waals surface area contributed by atoms with Gasteiger partial charge in [-0.3, -0.25) is 5.10 Å². The Labute approximate surface area is 116 Å². The maximum Gasteiger partial charge on any atom is 0.257 e. The average Bonchev–Trinajstić information content (AvgIpc) is 3.00. The standard InChI is InChI=1S/C10H17N7O2S/c1-11-5-8-6-12-16-10(8)20(18,19)14-4-3-9-15-13-7-17(9)2/h6-7,11,14H,3-5H2,1-2H3,(H,12,16). The molecule has 0 aliphatic carbocycles. The van der Waals surface area contributed by atoms with Crippen molar-refractivity contribution in [3.63, 3.8) is 0 Å². The van der Waals surface area contributed by atoms with Crippen molar-refractivity contribution in [2.75, 3.05) is 13.6 Å². The van der Waals surface area contributed by atoms with E-state index < -0.39 is 10.0 Å². The minimum atomic E-state index is -3.60. The topological polar surface area (TPSA) is 118 Å². The molecule has 0 atom stereocenters. The van der Waals surface area contributed by atoms with Crippen LogP contribution in [0.15, 0.2) is 17.6 Å². The Morgan fingerprint density at radius 2 is 2.25 bits per heavy atom. The summed E-state index contributed by atoms with van der Waals surface area (Å²) in [6.45, 7) is 0.670. The fourth-order valence-electron chi connectivity index (χ4n) is 1.75. The maximum atomic E-state index is 12.1. The summed E-state index contributed by atoms with van der Waals surface area (Å²) in [7, 11) is -0.0511. The Kier molecular flexibility index (Phi) is 4.47. The Bertz CT molecular complexity index is 661. The van der Waals surface area contributed by atoms with Gasteiger partial charge in [-0.25, -0.2) is 13.1 Å². The van der Waals surface area contributed by atoms with Gasteiger partial charge in [0.15, 0.2) is 5.03 Å². The van der Waals surface area contributed by atoms with Crippen molar-refractivity contribution in [3.8, 4) is 0 Å². The predicted molar refractivity (Wildman–Crippen MR) is 71.2 cm³/mol. The van der Waals surface area contributed by atoms with Crippen molar-refractivity contribution in [2.45, 2.75) is 18.0 Å². The SMILES string of the molecule is CNCc1cn[nH]c1S(=O)(=O)NCCc1nncn1C. The number of aromatic amines is 1. The molecule has 0 saturated heterocycles. The lowest BCUT2D eigenvalue weighted by atomic mass is 10.4. The van der Waals surface area contributed by atoms with Crippen molar-refractivity contribution >= 4 is 10.0 Å². The van der Waals surface area contributed by atoms with Gasteiger partial charge in [-0.15, -0.1) is 10.2 Å². The van der Waals surface area contributed by atoms with Crippen LogP contribution in [0.4, 0.5) is 0 Å². The highest BCUT2D eigenvalue weighted by atomic mass is 32.2. The van der Waals surface area contributed by atoms with E-state index in [2.05, 4.69) is 30.4 Å². The van der Waals surface area contributed by atoms with Crippen LogP contribution < -0.4 is 10.0 Å². The Morgan fingerprint density at radius 3 is 2.90 bits per heavy atom. The van der Waals surface area contributed by atoms with E-state index in [1.54, 1.807) is 17.9 Å². The Morgan fingerprint density at radius 1 is 1.45 bits per heavy atom. The zero-order valence-corrected chi connectivity index (χ0v) is 12.1. The molecule has 0 radical (unpaired) electrons. The zero-order valence-electron chi connectivity index (χ0n) is 11.3. The summed E-state index contributed by atoms with van der Waals surface area (Å²) in [5.74, 6) is 0.716. The van der Waals surface area contributed by atoms with Crippen molar-refractivity contribution < 1.29 is 8.42 Å². The van der Waals surface area contributed by atoms with E-state index in [0.29, 0.717) is 24.4 Å². The van der Waals surface area contributed by atoms with E-state index in [4.69, 9.17) is 0 Å². The first-order valence-electron chi connectivity index (χ1n) is 6.04. The van der Waals surface area contributed by atoms with Crippen LogP contribution in [0.2, 0.25) is 0 Å². The molecule has 10 heteroatoms. The van der Waals surface area contributed by atoms with Crippen molar-refractivity contribution in [1.82, 2.24) is 35.0 Å². The highest BCUT2D eigenvalue weighted by molar-refractivity contribution is 7.89. The number of hydrogen-bond acceptors (Lipinski definition) is 6. The number of hydrogen-bond donors (Lipinski definition) is 3. The smallest absolute Gasteiger partial charge is 0.257 e. The van der Waals surface area contributed by atoms with Gasteiger partial charge in [0.1, 0.15) is 12.2 Å². The van der Waals surface area contributed by atoms with E-state index >= 15 is 0 Å². The van der Waals surface area contributed by atoms with Crippen LogP contribution in [0.5, 0.6) is 0 Å². The molecule has 0 aliphatic heterocycles. The molecule has 0 bridgehead atoms. The summed E-state index contributed by atoms with van der Waals surface area (Å²) in [5, 5.41) is 16.9. The van der Waals surface area contributed by atoms with Crippen LogP contribution in [-0.2, 0) is 30.0 Å². The minimum Gasteiger partial charge on any atom is -0.321 e. The number of aryl methyl sites for hydroxylation is 1. The molecule has 9 nitrogen and oxygen atoms in total. The molecule has 2 heterocycles. The van der Waals surface area contributed by atoms with Gasteiger partial charge in [0, 0.05) is 32.1 Å². The third kappa shape index (κ3) is 3.21. The number of rotatable bonds is 7. The van der Waals surface area contributed by atoms with Crippen LogP contribution >= 0.6 is 0 Å². The number of nitrogens with one attached hydrogen (secondary N) is 3. The van der Waals surface area contributed by atoms with Gasteiger partial charge < -0.3 is 9.88 Å². The highest BCUT2D eigenvalue weighted by Crippen LogP contribution is 2.11. The minimum absolute atomic E-state index is 0.0878. The number of aromatic nitrogens is 5. The number of sulfonamides is 1. The number of nitrogens with zero attached hydrogens (tertiary/aromatic N) is 4.